The van der Waals surface area contributed by atoms with Gasteiger partial charge in [0, 0.05) is 17.9 Å². The van der Waals surface area contributed by atoms with Gasteiger partial charge in [0.05, 0.1) is 6.61 Å². The maximum Gasteiger partial charge on any atom is 0.0514 e. The average molecular weight is 213 g/mol. The maximum absolute atomic E-state index is 5.52. The van der Waals surface area contributed by atoms with Crippen LogP contribution in [-0.4, -0.2) is 19.8 Å². The van der Waals surface area contributed by atoms with Crippen LogP contribution in [0.4, 0.5) is 0 Å². The molecule has 1 rings (SSSR count). The van der Waals surface area contributed by atoms with Gasteiger partial charge in [-0.25, -0.2) is 0 Å². The predicted octanol–water partition coefficient (Wildman–Crippen LogP) is 2.44. The van der Waals surface area contributed by atoms with Gasteiger partial charge in [0.25, 0.3) is 0 Å². The molecule has 14 heavy (non-hydrogen) atoms. The van der Waals surface area contributed by atoms with Crippen LogP contribution in [0.3, 0.4) is 0 Å². The summed E-state index contributed by atoms with van der Waals surface area (Å²) in [6, 6.07) is 4.24. The third kappa shape index (κ3) is 5.37. The Labute approximate surface area is 90.1 Å². The third-order valence-corrected chi connectivity index (χ3v) is 3.00. The summed E-state index contributed by atoms with van der Waals surface area (Å²) >= 11 is 1.80. The Morgan fingerprint density at radius 3 is 2.86 bits per heavy atom. The molecule has 1 aromatic rings. The van der Waals surface area contributed by atoms with Crippen molar-refractivity contribution < 1.29 is 4.74 Å². The fraction of sp³-hybridized carbons (Fsp3) is 0.636. The van der Waals surface area contributed by atoms with E-state index in [1.807, 2.05) is 0 Å². The van der Waals surface area contributed by atoms with Crippen LogP contribution in [0.15, 0.2) is 17.5 Å². The molecule has 2 nitrogen and oxygen atoms in total. The lowest BCUT2D eigenvalue weighted by Gasteiger charge is -2.02. The van der Waals surface area contributed by atoms with Crippen molar-refractivity contribution in [3.63, 3.8) is 0 Å². The molecule has 0 bridgehead atoms. The molecule has 1 aromatic heterocycles. The Bertz CT molecular complexity index is 211. The highest BCUT2D eigenvalue weighted by atomic mass is 32.1. The Morgan fingerprint density at radius 2 is 2.14 bits per heavy atom. The van der Waals surface area contributed by atoms with Crippen LogP contribution in [0, 0.1) is 0 Å². The molecule has 0 atom stereocenters. The van der Waals surface area contributed by atoms with Gasteiger partial charge in [-0.2, -0.15) is 0 Å². The zero-order valence-electron chi connectivity index (χ0n) is 8.58. The zero-order valence-corrected chi connectivity index (χ0v) is 9.39. The molecule has 0 spiro atoms. The molecule has 80 valence electrons. The first-order chi connectivity index (χ1) is 6.93. The van der Waals surface area contributed by atoms with Gasteiger partial charge in [0.2, 0.25) is 0 Å². The first-order valence-corrected chi connectivity index (χ1v) is 6.11. The van der Waals surface area contributed by atoms with Gasteiger partial charge >= 0.3 is 0 Å². The maximum atomic E-state index is 5.52. The van der Waals surface area contributed by atoms with Crippen molar-refractivity contribution in [3.05, 3.63) is 22.4 Å². The van der Waals surface area contributed by atoms with Crippen molar-refractivity contribution >= 4 is 11.3 Å². The van der Waals surface area contributed by atoms with E-state index in [1.165, 1.54) is 11.3 Å². The Balaban J connectivity index is 1.85. The number of nitrogens with two attached hydrogens (primary N) is 1. The van der Waals surface area contributed by atoms with Crippen molar-refractivity contribution in [2.24, 2.45) is 5.73 Å². The van der Waals surface area contributed by atoms with Gasteiger partial charge in [-0.3, -0.25) is 0 Å². The van der Waals surface area contributed by atoms with Crippen molar-refractivity contribution in [1.29, 1.82) is 0 Å². The number of unbranched alkanes of at least 4 members (excludes halogenated alkanes) is 2. The molecule has 3 heteroatoms. The van der Waals surface area contributed by atoms with Gasteiger partial charge in [0.1, 0.15) is 0 Å². The van der Waals surface area contributed by atoms with Gasteiger partial charge in [-0.15, -0.1) is 11.3 Å². The summed E-state index contributed by atoms with van der Waals surface area (Å²) in [5.74, 6) is 0. The fourth-order valence-corrected chi connectivity index (χ4v) is 1.95. The van der Waals surface area contributed by atoms with E-state index in [1.54, 1.807) is 11.3 Å². The highest BCUT2D eigenvalue weighted by Gasteiger charge is 1.93. The van der Waals surface area contributed by atoms with Crippen LogP contribution in [0.5, 0.6) is 0 Å². The summed E-state index contributed by atoms with van der Waals surface area (Å²) in [7, 11) is 0. The fourth-order valence-electron chi connectivity index (χ4n) is 1.25. The van der Waals surface area contributed by atoms with Gasteiger partial charge in [-0.05, 0) is 37.3 Å². The van der Waals surface area contributed by atoms with E-state index in [0.717, 1.165) is 39.0 Å². The minimum atomic E-state index is 0.801. The standard InChI is InChI=1S/C11H19NOS/c12-7-2-1-3-8-13-9-6-11-5-4-10-14-11/h4-5,10H,1-3,6-9,12H2. The van der Waals surface area contributed by atoms with Crippen LogP contribution in [-0.2, 0) is 11.2 Å². The van der Waals surface area contributed by atoms with Crippen molar-refractivity contribution in [3.8, 4) is 0 Å². The monoisotopic (exact) mass is 213 g/mol. The van der Waals surface area contributed by atoms with E-state index in [-0.39, 0.29) is 0 Å². The molecule has 0 amide bonds. The van der Waals surface area contributed by atoms with Gasteiger partial charge in [-0.1, -0.05) is 6.07 Å². The number of thiophene rings is 1. The first-order valence-electron chi connectivity index (χ1n) is 5.23. The van der Waals surface area contributed by atoms with E-state index < -0.39 is 0 Å². The zero-order chi connectivity index (χ0) is 10.1. The van der Waals surface area contributed by atoms with Crippen LogP contribution >= 0.6 is 11.3 Å². The van der Waals surface area contributed by atoms with Crippen LogP contribution in [0.1, 0.15) is 24.1 Å². The van der Waals surface area contributed by atoms with Crippen LogP contribution in [0.2, 0.25) is 0 Å². The van der Waals surface area contributed by atoms with Crippen molar-refractivity contribution in [1.82, 2.24) is 0 Å². The number of hydrogen-bond donors (Lipinski definition) is 1. The molecular weight excluding hydrogens is 194 g/mol. The van der Waals surface area contributed by atoms with Gasteiger partial charge < -0.3 is 10.5 Å². The number of rotatable bonds is 8. The minimum absolute atomic E-state index is 0.801. The molecule has 0 radical (unpaired) electrons. The van der Waals surface area contributed by atoms with E-state index in [9.17, 15) is 0 Å². The normalized spacial score (nSPS) is 10.6. The lowest BCUT2D eigenvalue weighted by atomic mass is 10.2. The Morgan fingerprint density at radius 1 is 1.21 bits per heavy atom. The number of hydrogen-bond acceptors (Lipinski definition) is 3. The largest absolute Gasteiger partial charge is 0.381 e. The lowest BCUT2D eigenvalue weighted by molar-refractivity contribution is 0.133. The summed E-state index contributed by atoms with van der Waals surface area (Å²) in [5.41, 5.74) is 5.39. The SMILES string of the molecule is NCCCCCOCCc1cccs1. The molecule has 0 unspecified atom stereocenters. The molecule has 0 saturated carbocycles. The second kappa shape index (κ2) is 7.97. The van der Waals surface area contributed by atoms with Crippen LogP contribution in [0.25, 0.3) is 0 Å². The second-order valence-electron chi connectivity index (χ2n) is 3.29. The Hall–Kier alpha value is -0.380. The topological polar surface area (TPSA) is 35.2 Å². The summed E-state index contributed by atoms with van der Waals surface area (Å²) in [4.78, 5) is 1.41. The molecule has 0 aromatic carbocycles. The lowest BCUT2D eigenvalue weighted by Crippen LogP contribution is -2.02. The minimum Gasteiger partial charge on any atom is -0.381 e. The quantitative estimate of drug-likeness (QED) is 0.673. The molecule has 1 heterocycles. The average Bonchev–Trinajstić information content (AvgIpc) is 2.69. The first kappa shape index (κ1) is 11.7. The molecule has 0 aliphatic heterocycles. The highest BCUT2D eigenvalue weighted by Crippen LogP contribution is 2.08. The summed E-state index contributed by atoms with van der Waals surface area (Å²) in [6.07, 6.45) is 4.50. The summed E-state index contributed by atoms with van der Waals surface area (Å²) in [6.45, 7) is 2.53. The van der Waals surface area contributed by atoms with E-state index in [0.29, 0.717) is 0 Å². The molecule has 0 aliphatic carbocycles. The Kier molecular flexibility index (Phi) is 6.66. The van der Waals surface area contributed by atoms with Crippen LogP contribution < -0.4 is 5.73 Å². The smallest absolute Gasteiger partial charge is 0.0514 e. The van der Waals surface area contributed by atoms with Gasteiger partial charge in [0.15, 0.2) is 0 Å². The molecule has 0 aliphatic rings. The second-order valence-corrected chi connectivity index (χ2v) is 4.32. The van der Waals surface area contributed by atoms with E-state index >= 15 is 0 Å². The number of ether oxygens (including phenoxy) is 1. The summed E-state index contributed by atoms with van der Waals surface area (Å²) in [5, 5.41) is 2.11. The third-order valence-electron chi connectivity index (χ3n) is 2.07. The van der Waals surface area contributed by atoms with E-state index in [2.05, 4.69) is 17.5 Å². The van der Waals surface area contributed by atoms with E-state index in [4.69, 9.17) is 10.5 Å². The molecule has 0 fully saturated rings. The molecule has 0 saturated heterocycles. The molecule has 2 N–H and O–H groups in total. The van der Waals surface area contributed by atoms with Crippen molar-refractivity contribution in [2.75, 3.05) is 19.8 Å². The summed E-state index contributed by atoms with van der Waals surface area (Å²) < 4.78 is 5.52. The van der Waals surface area contributed by atoms with Crippen molar-refractivity contribution in [2.45, 2.75) is 25.7 Å². The predicted molar refractivity (Wildman–Crippen MR) is 61.7 cm³/mol. The molecular formula is C11H19NOS. The highest BCUT2D eigenvalue weighted by molar-refractivity contribution is 7.09.